The molecule has 0 aliphatic heterocycles. The van der Waals surface area contributed by atoms with Gasteiger partial charge in [-0.05, 0) is 49.7 Å². The highest BCUT2D eigenvalue weighted by molar-refractivity contribution is 7.05. The number of hydrogen-bond acceptors (Lipinski definition) is 4. The summed E-state index contributed by atoms with van der Waals surface area (Å²) in [6, 6.07) is 0.517. The molecule has 1 aromatic heterocycles. The Morgan fingerprint density at radius 3 is 2.81 bits per heavy atom. The molecule has 1 heterocycles. The molecule has 1 aliphatic rings. The summed E-state index contributed by atoms with van der Waals surface area (Å²) in [7, 11) is 0. The third kappa shape index (κ3) is 2.43. The van der Waals surface area contributed by atoms with Gasteiger partial charge in [-0.25, -0.2) is 0 Å². The Hall–Kier alpha value is -0.480. The molecule has 0 radical (unpaired) electrons. The Morgan fingerprint density at radius 2 is 2.25 bits per heavy atom. The van der Waals surface area contributed by atoms with Gasteiger partial charge in [0.2, 0.25) is 0 Å². The van der Waals surface area contributed by atoms with E-state index in [2.05, 4.69) is 28.8 Å². The maximum absolute atomic E-state index is 4.23. The molecular formula is C12H21N3S. The molecule has 0 amide bonds. The maximum atomic E-state index is 4.23. The van der Waals surface area contributed by atoms with E-state index >= 15 is 0 Å². The molecule has 1 unspecified atom stereocenters. The topological polar surface area (TPSA) is 37.8 Å². The van der Waals surface area contributed by atoms with E-state index in [1.807, 2.05) is 0 Å². The average molecular weight is 239 g/mol. The van der Waals surface area contributed by atoms with Crippen LogP contribution in [0.15, 0.2) is 0 Å². The van der Waals surface area contributed by atoms with E-state index in [-0.39, 0.29) is 0 Å². The van der Waals surface area contributed by atoms with Gasteiger partial charge in [0.25, 0.3) is 0 Å². The van der Waals surface area contributed by atoms with Gasteiger partial charge >= 0.3 is 0 Å². The van der Waals surface area contributed by atoms with Crippen LogP contribution in [-0.4, -0.2) is 16.1 Å². The van der Waals surface area contributed by atoms with E-state index in [0.29, 0.717) is 6.04 Å². The molecule has 2 rings (SSSR count). The van der Waals surface area contributed by atoms with Crippen LogP contribution in [0.25, 0.3) is 0 Å². The second-order valence-corrected chi connectivity index (χ2v) is 5.35. The molecule has 90 valence electrons. The Morgan fingerprint density at radius 1 is 1.44 bits per heavy atom. The van der Waals surface area contributed by atoms with Crippen LogP contribution < -0.4 is 5.32 Å². The van der Waals surface area contributed by atoms with E-state index < -0.39 is 0 Å². The smallest absolute Gasteiger partial charge is 0.0801 e. The first-order valence-corrected chi connectivity index (χ1v) is 7.18. The summed E-state index contributed by atoms with van der Waals surface area (Å²) in [6.45, 7) is 5.48. The predicted molar refractivity (Wildman–Crippen MR) is 67.7 cm³/mol. The van der Waals surface area contributed by atoms with Crippen LogP contribution in [0.1, 0.15) is 56.1 Å². The van der Waals surface area contributed by atoms with Crippen molar-refractivity contribution in [2.45, 2.75) is 52.0 Å². The number of hydrogen-bond donors (Lipinski definition) is 1. The molecule has 3 nitrogen and oxygen atoms in total. The van der Waals surface area contributed by atoms with Gasteiger partial charge in [-0.2, -0.15) is 0 Å². The highest BCUT2D eigenvalue weighted by Gasteiger charge is 2.30. The van der Waals surface area contributed by atoms with E-state index in [1.165, 1.54) is 36.3 Å². The Kier molecular flexibility index (Phi) is 4.29. The van der Waals surface area contributed by atoms with E-state index in [1.54, 1.807) is 11.5 Å². The van der Waals surface area contributed by atoms with Crippen molar-refractivity contribution in [3.8, 4) is 0 Å². The first-order valence-electron chi connectivity index (χ1n) is 6.41. The normalized spacial score (nSPS) is 18.4. The average Bonchev–Trinajstić information content (AvgIpc) is 2.69. The third-order valence-electron chi connectivity index (χ3n) is 3.44. The van der Waals surface area contributed by atoms with Crippen molar-refractivity contribution in [2.75, 3.05) is 6.54 Å². The van der Waals surface area contributed by atoms with Crippen LogP contribution in [0.3, 0.4) is 0 Å². The van der Waals surface area contributed by atoms with Crippen molar-refractivity contribution in [3.05, 3.63) is 10.6 Å². The lowest BCUT2D eigenvalue weighted by Crippen LogP contribution is -2.32. The standard InChI is InChI=1S/C12H21N3S/c1-3-8-13-11(9-6-5-7-9)12-10(4-2)14-15-16-12/h9,11,13H,3-8H2,1-2H3. The summed E-state index contributed by atoms with van der Waals surface area (Å²) < 4.78 is 4.11. The molecule has 1 atom stereocenters. The van der Waals surface area contributed by atoms with Crippen molar-refractivity contribution in [3.63, 3.8) is 0 Å². The Bertz CT molecular complexity index is 320. The molecule has 0 aromatic carbocycles. The molecule has 1 fully saturated rings. The molecule has 4 heteroatoms. The van der Waals surface area contributed by atoms with Gasteiger partial charge in [-0.15, -0.1) is 5.10 Å². The molecule has 1 aromatic rings. The van der Waals surface area contributed by atoms with Crippen molar-refractivity contribution in [2.24, 2.45) is 5.92 Å². The van der Waals surface area contributed by atoms with Crippen LogP contribution in [-0.2, 0) is 6.42 Å². The van der Waals surface area contributed by atoms with Crippen molar-refractivity contribution < 1.29 is 0 Å². The monoisotopic (exact) mass is 239 g/mol. The van der Waals surface area contributed by atoms with Crippen LogP contribution in [0, 0.1) is 5.92 Å². The minimum Gasteiger partial charge on any atom is -0.309 e. The first kappa shape index (κ1) is 12.0. The van der Waals surface area contributed by atoms with Gasteiger partial charge in [0.05, 0.1) is 10.6 Å². The van der Waals surface area contributed by atoms with E-state index in [9.17, 15) is 0 Å². The fourth-order valence-electron chi connectivity index (χ4n) is 2.24. The highest BCUT2D eigenvalue weighted by Crippen LogP contribution is 2.39. The van der Waals surface area contributed by atoms with E-state index in [4.69, 9.17) is 0 Å². The molecule has 1 N–H and O–H groups in total. The molecule has 0 spiro atoms. The summed E-state index contributed by atoms with van der Waals surface area (Å²) in [5.74, 6) is 0.819. The molecular weight excluding hydrogens is 218 g/mol. The maximum Gasteiger partial charge on any atom is 0.0801 e. The SMILES string of the molecule is CCCNC(c1snnc1CC)C1CCC1. The lowest BCUT2D eigenvalue weighted by atomic mass is 9.78. The zero-order valence-corrected chi connectivity index (χ0v) is 11.0. The van der Waals surface area contributed by atoms with Crippen LogP contribution in [0.2, 0.25) is 0 Å². The van der Waals surface area contributed by atoms with Gasteiger partial charge in [0, 0.05) is 6.04 Å². The number of rotatable bonds is 6. The first-order chi connectivity index (χ1) is 7.86. The Labute approximate surface area is 102 Å². The number of aryl methyl sites for hydroxylation is 1. The quantitative estimate of drug-likeness (QED) is 0.829. The lowest BCUT2D eigenvalue weighted by molar-refractivity contribution is 0.233. The zero-order valence-electron chi connectivity index (χ0n) is 10.2. The van der Waals surface area contributed by atoms with Gasteiger partial charge in [0.15, 0.2) is 0 Å². The molecule has 0 bridgehead atoms. The number of aromatic nitrogens is 2. The minimum atomic E-state index is 0.517. The second kappa shape index (κ2) is 5.73. The summed E-state index contributed by atoms with van der Waals surface area (Å²) in [5.41, 5.74) is 1.20. The molecule has 0 saturated heterocycles. The van der Waals surface area contributed by atoms with Gasteiger partial charge in [-0.1, -0.05) is 24.8 Å². The van der Waals surface area contributed by atoms with Crippen molar-refractivity contribution in [1.82, 2.24) is 14.9 Å². The summed E-state index contributed by atoms with van der Waals surface area (Å²) >= 11 is 1.59. The molecule has 16 heavy (non-hydrogen) atoms. The third-order valence-corrected chi connectivity index (χ3v) is 4.29. The fraction of sp³-hybridized carbons (Fsp3) is 0.833. The summed E-state index contributed by atoms with van der Waals surface area (Å²) in [4.78, 5) is 1.39. The van der Waals surface area contributed by atoms with Crippen molar-refractivity contribution in [1.29, 1.82) is 0 Å². The predicted octanol–water partition coefficient (Wildman–Crippen LogP) is 2.94. The lowest BCUT2D eigenvalue weighted by Gasteiger charge is -2.34. The van der Waals surface area contributed by atoms with Crippen LogP contribution in [0.5, 0.6) is 0 Å². The van der Waals surface area contributed by atoms with Crippen LogP contribution >= 0.6 is 11.5 Å². The minimum absolute atomic E-state index is 0.517. The van der Waals surface area contributed by atoms with Crippen LogP contribution in [0.4, 0.5) is 0 Å². The second-order valence-electron chi connectivity index (χ2n) is 4.56. The molecule has 1 aliphatic carbocycles. The van der Waals surface area contributed by atoms with Crippen molar-refractivity contribution >= 4 is 11.5 Å². The largest absolute Gasteiger partial charge is 0.309 e. The number of nitrogens with one attached hydrogen (secondary N) is 1. The highest BCUT2D eigenvalue weighted by atomic mass is 32.1. The zero-order chi connectivity index (χ0) is 11.4. The fourth-order valence-corrected chi connectivity index (χ4v) is 3.15. The summed E-state index contributed by atoms with van der Waals surface area (Å²) in [5, 5.41) is 7.91. The van der Waals surface area contributed by atoms with Gasteiger partial charge < -0.3 is 5.32 Å². The summed E-state index contributed by atoms with van der Waals surface area (Å²) in [6.07, 6.45) is 6.31. The molecule has 1 saturated carbocycles. The van der Waals surface area contributed by atoms with Gasteiger partial charge in [0.1, 0.15) is 0 Å². The van der Waals surface area contributed by atoms with Gasteiger partial charge in [-0.3, -0.25) is 0 Å². The Balaban J connectivity index is 2.10. The van der Waals surface area contributed by atoms with E-state index in [0.717, 1.165) is 18.9 Å². The number of nitrogens with zero attached hydrogens (tertiary/aromatic N) is 2.